The molecule has 2 aromatic heterocycles. The molecule has 0 amide bonds. The lowest BCUT2D eigenvalue weighted by Gasteiger charge is -2.35. The zero-order valence-corrected chi connectivity index (χ0v) is 17.8. The third-order valence-corrected chi connectivity index (χ3v) is 6.29. The van der Waals surface area contributed by atoms with E-state index < -0.39 is 0 Å². The fourth-order valence-corrected chi connectivity index (χ4v) is 4.44. The Labute approximate surface area is 172 Å². The Morgan fingerprint density at radius 1 is 1.21 bits per heavy atom. The summed E-state index contributed by atoms with van der Waals surface area (Å²) < 4.78 is 7.07. The van der Waals surface area contributed by atoms with Crippen molar-refractivity contribution in [1.29, 1.82) is 0 Å². The largest absolute Gasteiger partial charge is 0.368 e. The molecule has 0 aromatic carbocycles. The van der Waals surface area contributed by atoms with Crippen LogP contribution in [0.15, 0.2) is 21.6 Å². The van der Waals surface area contributed by atoms with Gasteiger partial charge in [-0.3, -0.25) is 9.69 Å². The molecular formula is C21H32N6O2. The number of likely N-dealkylation sites (tertiary alicyclic amines) is 1. The van der Waals surface area contributed by atoms with Crippen LogP contribution in [-0.4, -0.2) is 71.1 Å². The first kappa shape index (κ1) is 20.1. The Hall–Kier alpha value is -2.19. The summed E-state index contributed by atoms with van der Waals surface area (Å²) in [4.78, 5) is 19.8. The third-order valence-electron chi connectivity index (χ3n) is 6.29. The van der Waals surface area contributed by atoms with Gasteiger partial charge in [-0.05, 0) is 39.8 Å². The zero-order valence-electron chi connectivity index (χ0n) is 17.8. The average Bonchev–Trinajstić information content (AvgIpc) is 3.08. The molecule has 0 saturated carbocycles. The topological polar surface area (TPSA) is 70.6 Å². The molecule has 4 heterocycles. The fraction of sp³-hybridized carbons (Fsp3) is 0.667. The molecule has 29 heavy (non-hydrogen) atoms. The Morgan fingerprint density at radius 2 is 2.00 bits per heavy atom. The maximum atomic E-state index is 12.8. The minimum Gasteiger partial charge on any atom is -0.368 e. The molecule has 2 aliphatic heterocycles. The van der Waals surface area contributed by atoms with Crippen molar-refractivity contribution in [1.82, 2.24) is 24.7 Å². The van der Waals surface area contributed by atoms with E-state index in [9.17, 15) is 4.79 Å². The number of aryl methyl sites for hydroxylation is 2. The number of hydrogen-bond acceptors (Lipinski definition) is 7. The molecule has 2 aromatic rings. The Balaban J connectivity index is 1.45. The standard InChI is InChI=1S/C21H32N6O2/c1-4-20-19(16(2)29-23-20)15-25-7-5-6-17(14-25)27-21(28)12-18(13-22-27)26-10-8-24(3)9-11-26/h12-13,17H,4-11,14-15H2,1-3H3/t17-/m0/s1. The van der Waals surface area contributed by atoms with E-state index in [4.69, 9.17) is 4.52 Å². The SMILES string of the molecule is CCc1noc(C)c1CN1CCC[C@H](n2ncc(N3CCN(C)CC3)cc2=O)C1. The Morgan fingerprint density at radius 3 is 2.72 bits per heavy atom. The molecule has 0 unspecified atom stereocenters. The van der Waals surface area contributed by atoms with E-state index in [-0.39, 0.29) is 11.6 Å². The van der Waals surface area contributed by atoms with Crippen LogP contribution in [0.1, 0.15) is 42.8 Å². The predicted molar refractivity (Wildman–Crippen MR) is 112 cm³/mol. The molecule has 2 fully saturated rings. The zero-order chi connectivity index (χ0) is 20.4. The molecule has 1 atom stereocenters. The summed E-state index contributed by atoms with van der Waals surface area (Å²) >= 11 is 0. The van der Waals surface area contributed by atoms with Gasteiger partial charge in [-0.15, -0.1) is 0 Å². The molecule has 0 bridgehead atoms. The van der Waals surface area contributed by atoms with Gasteiger partial charge in [0.15, 0.2) is 0 Å². The normalized spacial score (nSPS) is 21.6. The summed E-state index contributed by atoms with van der Waals surface area (Å²) in [7, 11) is 2.13. The average molecular weight is 401 g/mol. The van der Waals surface area contributed by atoms with Gasteiger partial charge in [-0.2, -0.15) is 5.10 Å². The van der Waals surface area contributed by atoms with Crippen molar-refractivity contribution in [3.63, 3.8) is 0 Å². The molecule has 2 aliphatic rings. The van der Waals surface area contributed by atoms with Crippen LogP contribution in [0.3, 0.4) is 0 Å². The smallest absolute Gasteiger partial charge is 0.269 e. The second-order valence-corrected chi connectivity index (χ2v) is 8.34. The third kappa shape index (κ3) is 4.38. The number of hydrogen-bond donors (Lipinski definition) is 0. The lowest BCUT2D eigenvalue weighted by molar-refractivity contribution is 0.159. The van der Waals surface area contributed by atoms with Gasteiger partial charge in [0.05, 0.1) is 23.6 Å². The van der Waals surface area contributed by atoms with E-state index >= 15 is 0 Å². The molecule has 0 N–H and O–H groups in total. The van der Waals surface area contributed by atoms with Crippen LogP contribution >= 0.6 is 0 Å². The monoisotopic (exact) mass is 400 g/mol. The first-order chi connectivity index (χ1) is 14.0. The second-order valence-electron chi connectivity index (χ2n) is 8.34. The Kier molecular flexibility index (Phi) is 6.01. The highest BCUT2D eigenvalue weighted by molar-refractivity contribution is 5.43. The van der Waals surface area contributed by atoms with Crippen LogP contribution in [0.25, 0.3) is 0 Å². The predicted octanol–water partition coefficient (Wildman–Crippen LogP) is 1.69. The molecular weight excluding hydrogens is 368 g/mol. The van der Waals surface area contributed by atoms with E-state index in [0.717, 1.165) is 82.2 Å². The summed E-state index contributed by atoms with van der Waals surface area (Å²) in [6.45, 7) is 10.7. The van der Waals surface area contributed by atoms with E-state index in [1.54, 1.807) is 10.7 Å². The summed E-state index contributed by atoms with van der Waals surface area (Å²) in [6.07, 6.45) is 4.79. The molecule has 8 nitrogen and oxygen atoms in total. The molecule has 0 spiro atoms. The van der Waals surface area contributed by atoms with Crippen LogP contribution in [-0.2, 0) is 13.0 Å². The number of aromatic nitrogens is 3. The van der Waals surface area contributed by atoms with Gasteiger partial charge in [-0.1, -0.05) is 12.1 Å². The summed E-state index contributed by atoms with van der Waals surface area (Å²) in [5, 5.41) is 8.74. The van der Waals surface area contributed by atoms with E-state index in [0.29, 0.717) is 0 Å². The van der Waals surface area contributed by atoms with Crippen molar-refractivity contribution in [2.24, 2.45) is 0 Å². The van der Waals surface area contributed by atoms with Crippen LogP contribution in [0, 0.1) is 6.92 Å². The lowest BCUT2D eigenvalue weighted by atomic mass is 10.0. The second kappa shape index (κ2) is 8.67. The number of nitrogens with zero attached hydrogens (tertiary/aromatic N) is 6. The number of piperazine rings is 1. The number of piperidine rings is 1. The van der Waals surface area contributed by atoms with Crippen molar-refractivity contribution in [3.8, 4) is 0 Å². The quantitative estimate of drug-likeness (QED) is 0.756. The molecule has 158 valence electrons. The van der Waals surface area contributed by atoms with Crippen LogP contribution < -0.4 is 10.5 Å². The molecule has 2 saturated heterocycles. The van der Waals surface area contributed by atoms with Crippen molar-refractivity contribution < 1.29 is 4.52 Å². The van der Waals surface area contributed by atoms with Gasteiger partial charge in [0.2, 0.25) is 0 Å². The summed E-state index contributed by atoms with van der Waals surface area (Å²) in [6, 6.07) is 1.87. The van der Waals surface area contributed by atoms with Crippen LogP contribution in [0.2, 0.25) is 0 Å². The van der Waals surface area contributed by atoms with Gasteiger partial charge < -0.3 is 14.3 Å². The molecule has 4 rings (SSSR count). The van der Waals surface area contributed by atoms with Crippen molar-refractivity contribution in [2.45, 2.75) is 45.7 Å². The Bertz CT molecular complexity index is 884. The fourth-order valence-electron chi connectivity index (χ4n) is 4.44. The minimum atomic E-state index is 0.00341. The maximum Gasteiger partial charge on any atom is 0.269 e. The van der Waals surface area contributed by atoms with Gasteiger partial charge in [0.1, 0.15) is 5.76 Å². The van der Waals surface area contributed by atoms with E-state index in [1.165, 1.54) is 5.56 Å². The van der Waals surface area contributed by atoms with Gasteiger partial charge in [0.25, 0.3) is 5.56 Å². The maximum absolute atomic E-state index is 12.8. The lowest BCUT2D eigenvalue weighted by Crippen LogP contribution is -2.45. The minimum absolute atomic E-state index is 0.00341. The first-order valence-electron chi connectivity index (χ1n) is 10.7. The first-order valence-corrected chi connectivity index (χ1v) is 10.7. The number of likely N-dealkylation sites (N-methyl/N-ethyl adjacent to an activating group) is 1. The summed E-state index contributed by atoms with van der Waals surface area (Å²) in [5.41, 5.74) is 3.18. The van der Waals surface area contributed by atoms with Gasteiger partial charge in [-0.25, -0.2) is 4.68 Å². The van der Waals surface area contributed by atoms with E-state index in [1.807, 2.05) is 13.1 Å². The molecule has 0 aliphatic carbocycles. The van der Waals surface area contributed by atoms with Crippen molar-refractivity contribution in [2.75, 3.05) is 51.2 Å². The molecule has 8 heteroatoms. The van der Waals surface area contributed by atoms with Gasteiger partial charge >= 0.3 is 0 Å². The van der Waals surface area contributed by atoms with Crippen LogP contribution in [0.5, 0.6) is 0 Å². The highest BCUT2D eigenvalue weighted by Gasteiger charge is 2.25. The number of rotatable bonds is 5. The highest BCUT2D eigenvalue weighted by atomic mass is 16.5. The summed E-state index contributed by atoms with van der Waals surface area (Å²) in [5.74, 6) is 0.899. The number of anilines is 1. The van der Waals surface area contributed by atoms with E-state index in [2.05, 4.69) is 38.9 Å². The van der Waals surface area contributed by atoms with Crippen molar-refractivity contribution >= 4 is 5.69 Å². The van der Waals surface area contributed by atoms with Crippen molar-refractivity contribution in [3.05, 3.63) is 39.6 Å². The highest BCUT2D eigenvalue weighted by Crippen LogP contribution is 2.24. The van der Waals surface area contributed by atoms with Crippen LogP contribution in [0.4, 0.5) is 5.69 Å². The molecule has 0 radical (unpaired) electrons. The van der Waals surface area contributed by atoms with Gasteiger partial charge in [0, 0.05) is 50.9 Å².